The van der Waals surface area contributed by atoms with Crippen molar-refractivity contribution >= 4 is 5.97 Å². The van der Waals surface area contributed by atoms with Gasteiger partial charge in [0.1, 0.15) is 11.6 Å². The zero-order valence-electron chi connectivity index (χ0n) is 10.4. The Hall–Kier alpha value is -1.62. The lowest BCUT2D eigenvalue weighted by atomic mass is 10.1. The lowest BCUT2D eigenvalue weighted by molar-refractivity contribution is -0.140. The van der Waals surface area contributed by atoms with Gasteiger partial charge < -0.3 is 15.2 Å². The minimum Gasteiger partial charge on any atom is -0.493 e. The number of carbonyl (C=O) groups is 1. The van der Waals surface area contributed by atoms with E-state index in [4.69, 9.17) is 10.5 Å². The quantitative estimate of drug-likeness (QED) is 0.594. The number of nitrogens with two attached hydrogens (primary N) is 1. The molecule has 1 aromatic rings. The molecule has 0 spiro atoms. The molecule has 18 heavy (non-hydrogen) atoms. The number of ether oxygens (including phenoxy) is 2. The number of methoxy groups -OCH3 is 1. The van der Waals surface area contributed by atoms with Gasteiger partial charge in [-0.3, -0.25) is 4.79 Å². The summed E-state index contributed by atoms with van der Waals surface area (Å²) in [6.07, 6.45) is 1.43. The van der Waals surface area contributed by atoms with Crippen molar-refractivity contribution in [1.82, 2.24) is 0 Å². The summed E-state index contributed by atoms with van der Waals surface area (Å²) in [7, 11) is 1.35. The van der Waals surface area contributed by atoms with Crippen molar-refractivity contribution in [1.29, 1.82) is 0 Å². The van der Waals surface area contributed by atoms with E-state index >= 15 is 0 Å². The molecule has 0 aliphatic carbocycles. The molecule has 0 saturated heterocycles. The number of esters is 1. The fourth-order valence-electron chi connectivity index (χ4n) is 1.54. The molecule has 0 radical (unpaired) electrons. The zero-order chi connectivity index (χ0) is 13.4. The van der Waals surface area contributed by atoms with E-state index < -0.39 is 0 Å². The number of hydrogen-bond donors (Lipinski definition) is 1. The molecule has 0 atom stereocenters. The smallest absolute Gasteiger partial charge is 0.305 e. The van der Waals surface area contributed by atoms with Crippen molar-refractivity contribution in [3.63, 3.8) is 0 Å². The van der Waals surface area contributed by atoms with Crippen LogP contribution in [0, 0.1) is 5.82 Å². The van der Waals surface area contributed by atoms with Gasteiger partial charge in [0.05, 0.1) is 13.7 Å². The van der Waals surface area contributed by atoms with Crippen LogP contribution >= 0.6 is 0 Å². The molecule has 0 heterocycles. The lowest BCUT2D eigenvalue weighted by Gasteiger charge is -2.10. The Bertz CT molecular complexity index is 396. The predicted molar refractivity (Wildman–Crippen MR) is 65.9 cm³/mol. The van der Waals surface area contributed by atoms with Crippen molar-refractivity contribution in [3.8, 4) is 5.75 Å². The van der Waals surface area contributed by atoms with Gasteiger partial charge in [0.25, 0.3) is 0 Å². The number of benzene rings is 1. The summed E-state index contributed by atoms with van der Waals surface area (Å²) in [5.41, 5.74) is 6.20. The Morgan fingerprint density at radius 3 is 2.89 bits per heavy atom. The summed E-state index contributed by atoms with van der Waals surface area (Å²) < 4.78 is 23.1. The van der Waals surface area contributed by atoms with Crippen molar-refractivity contribution in [3.05, 3.63) is 29.6 Å². The highest BCUT2D eigenvalue weighted by Crippen LogP contribution is 2.20. The summed E-state index contributed by atoms with van der Waals surface area (Å²) in [5, 5.41) is 0. The third kappa shape index (κ3) is 4.71. The number of hydrogen-bond acceptors (Lipinski definition) is 4. The van der Waals surface area contributed by atoms with E-state index in [2.05, 4.69) is 4.74 Å². The number of carbonyl (C=O) groups excluding carboxylic acids is 1. The molecular weight excluding hydrogens is 237 g/mol. The maximum absolute atomic E-state index is 13.1. The zero-order valence-corrected chi connectivity index (χ0v) is 10.4. The molecule has 0 aromatic heterocycles. The van der Waals surface area contributed by atoms with Gasteiger partial charge in [0, 0.05) is 6.42 Å². The Morgan fingerprint density at radius 1 is 1.44 bits per heavy atom. The van der Waals surface area contributed by atoms with E-state index in [1.54, 1.807) is 6.07 Å². The van der Waals surface area contributed by atoms with E-state index in [0.717, 1.165) is 5.56 Å². The highest BCUT2D eigenvalue weighted by atomic mass is 19.1. The lowest BCUT2D eigenvalue weighted by Crippen LogP contribution is -2.08. The highest BCUT2D eigenvalue weighted by Gasteiger charge is 2.06. The van der Waals surface area contributed by atoms with Crippen LogP contribution in [-0.2, 0) is 16.0 Å². The number of rotatable bonds is 7. The van der Waals surface area contributed by atoms with Crippen LogP contribution in [-0.4, -0.2) is 26.2 Å². The van der Waals surface area contributed by atoms with Gasteiger partial charge in [-0.15, -0.1) is 0 Å². The minimum atomic E-state index is -0.305. The largest absolute Gasteiger partial charge is 0.493 e. The van der Waals surface area contributed by atoms with Gasteiger partial charge in [0.15, 0.2) is 0 Å². The van der Waals surface area contributed by atoms with Gasteiger partial charge in [-0.1, -0.05) is 0 Å². The molecule has 4 nitrogen and oxygen atoms in total. The molecule has 100 valence electrons. The first-order valence-corrected chi connectivity index (χ1v) is 5.85. The minimum absolute atomic E-state index is 0.264. The van der Waals surface area contributed by atoms with Crippen LogP contribution in [0.15, 0.2) is 18.2 Å². The van der Waals surface area contributed by atoms with Crippen LogP contribution < -0.4 is 10.5 Å². The van der Waals surface area contributed by atoms with E-state index in [1.165, 1.54) is 19.2 Å². The van der Waals surface area contributed by atoms with Crippen LogP contribution in [0.3, 0.4) is 0 Å². The Morgan fingerprint density at radius 2 is 2.22 bits per heavy atom. The van der Waals surface area contributed by atoms with Gasteiger partial charge in [-0.25, -0.2) is 4.39 Å². The SMILES string of the molecule is COC(=O)CCCOc1ccc(F)cc1CCN. The van der Waals surface area contributed by atoms with Crippen LogP contribution in [0.5, 0.6) is 5.75 Å². The van der Waals surface area contributed by atoms with E-state index in [-0.39, 0.29) is 11.8 Å². The average Bonchev–Trinajstić information content (AvgIpc) is 2.36. The molecule has 0 aliphatic heterocycles. The van der Waals surface area contributed by atoms with Crippen molar-refractivity contribution in [2.45, 2.75) is 19.3 Å². The molecule has 5 heteroatoms. The summed E-state index contributed by atoms with van der Waals surface area (Å²) in [4.78, 5) is 10.9. The molecule has 1 aromatic carbocycles. The Kier molecular flexibility index (Phi) is 6.14. The van der Waals surface area contributed by atoms with Gasteiger partial charge >= 0.3 is 5.97 Å². The summed E-state index contributed by atoms with van der Waals surface area (Å²) in [5.74, 6) is 0.0481. The van der Waals surface area contributed by atoms with E-state index in [9.17, 15) is 9.18 Å². The molecule has 0 aliphatic rings. The molecule has 0 fully saturated rings. The van der Waals surface area contributed by atoms with Crippen LogP contribution in [0.25, 0.3) is 0 Å². The molecule has 0 bridgehead atoms. The van der Waals surface area contributed by atoms with E-state index in [1.807, 2.05) is 0 Å². The topological polar surface area (TPSA) is 61.5 Å². The van der Waals surface area contributed by atoms with E-state index in [0.29, 0.717) is 38.2 Å². The summed E-state index contributed by atoms with van der Waals surface area (Å²) in [6, 6.07) is 4.34. The van der Waals surface area contributed by atoms with Crippen LogP contribution in [0.1, 0.15) is 18.4 Å². The molecule has 2 N–H and O–H groups in total. The summed E-state index contributed by atoms with van der Waals surface area (Å²) in [6.45, 7) is 0.820. The molecular formula is C13H18FNO3. The average molecular weight is 255 g/mol. The Labute approximate surface area is 106 Å². The molecule has 1 rings (SSSR count). The fourth-order valence-corrected chi connectivity index (χ4v) is 1.54. The standard InChI is InChI=1S/C13H18FNO3/c1-17-13(16)3-2-8-18-12-5-4-11(14)9-10(12)6-7-15/h4-5,9H,2-3,6-8,15H2,1H3. The molecule has 0 saturated carbocycles. The van der Waals surface area contributed by atoms with Crippen molar-refractivity contribution < 1.29 is 18.7 Å². The first-order chi connectivity index (χ1) is 8.67. The Balaban J connectivity index is 2.48. The molecule has 0 unspecified atom stereocenters. The first kappa shape index (κ1) is 14.4. The van der Waals surface area contributed by atoms with Crippen molar-refractivity contribution in [2.75, 3.05) is 20.3 Å². The monoisotopic (exact) mass is 255 g/mol. The third-order valence-electron chi connectivity index (χ3n) is 2.45. The fraction of sp³-hybridized carbons (Fsp3) is 0.462. The second-order valence-corrected chi connectivity index (χ2v) is 3.82. The second kappa shape index (κ2) is 7.66. The first-order valence-electron chi connectivity index (χ1n) is 5.85. The summed E-state index contributed by atoms with van der Waals surface area (Å²) >= 11 is 0. The predicted octanol–water partition coefficient (Wildman–Crippen LogP) is 1.66. The van der Waals surface area contributed by atoms with Crippen LogP contribution in [0.2, 0.25) is 0 Å². The third-order valence-corrected chi connectivity index (χ3v) is 2.45. The number of halogens is 1. The van der Waals surface area contributed by atoms with Gasteiger partial charge in [-0.2, -0.15) is 0 Å². The second-order valence-electron chi connectivity index (χ2n) is 3.82. The maximum Gasteiger partial charge on any atom is 0.305 e. The van der Waals surface area contributed by atoms with Crippen molar-refractivity contribution in [2.24, 2.45) is 5.73 Å². The highest BCUT2D eigenvalue weighted by molar-refractivity contribution is 5.69. The normalized spacial score (nSPS) is 10.2. The van der Waals surface area contributed by atoms with Gasteiger partial charge in [0.2, 0.25) is 0 Å². The molecule has 0 amide bonds. The van der Waals surface area contributed by atoms with Crippen LogP contribution in [0.4, 0.5) is 4.39 Å². The van der Waals surface area contributed by atoms with Gasteiger partial charge in [-0.05, 0) is 43.1 Å². The maximum atomic E-state index is 13.1.